The van der Waals surface area contributed by atoms with Crippen LogP contribution in [0.1, 0.15) is 12.8 Å². The number of urea groups is 1. The molecule has 3 N–H and O–H groups in total. The van der Waals surface area contributed by atoms with Gasteiger partial charge in [0.15, 0.2) is 0 Å². The number of halogens is 2. The number of nitrogens with one attached hydrogen (secondary N) is 3. The molecule has 37 heavy (non-hydrogen) atoms. The summed E-state index contributed by atoms with van der Waals surface area (Å²) in [4.78, 5) is 25.7. The first-order valence-electron chi connectivity index (χ1n) is 11.1. The molecule has 192 valence electrons. The van der Waals surface area contributed by atoms with Crippen LogP contribution in [0.4, 0.5) is 20.6 Å². The van der Waals surface area contributed by atoms with Gasteiger partial charge in [0.2, 0.25) is 0 Å². The largest absolute Gasteiger partial charge is 0.488 e. The van der Waals surface area contributed by atoms with Gasteiger partial charge in [-0.15, -0.1) is 11.3 Å². The van der Waals surface area contributed by atoms with Crippen molar-refractivity contribution in [3.8, 4) is 11.4 Å². The molecule has 1 aliphatic rings. The summed E-state index contributed by atoms with van der Waals surface area (Å²) in [5.74, 6) is -0.289. The maximum Gasteiger partial charge on any atom is 0.333 e. The number of amides is 2. The first kappa shape index (κ1) is 25.1. The number of sulfonamides is 1. The summed E-state index contributed by atoms with van der Waals surface area (Å²) in [6.45, 7) is 0. The number of ether oxygens (including phenoxy) is 1. The van der Waals surface area contributed by atoms with Crippen LogP contribution in [0.5, 0.6) is 5.75 Å². The third-order valence-electron chi connectivity index (χ3n) is 5.61. The molecule has 0 radical (unpaired) electrons. The summed E-state index contributed by atoms with van der Waals surface area (Å²) in [7, 11) is -2.52. The van der Waals surface area contributed by atoms with Crippen molar-refractivity contribution >= 4 is 61.1 Å². The van der Waals surface area contributed by atoms with E-state index in [9.17, 15) is 22.4 Å². The highest BCUT2D eigenvalue weighted by molar-refractivity contribution is 7.92. The molecule has 2 heterocycles. The quantitative estimate of drug-likeness (QED) is 0.294. The van der Waals surface area contributed by atoms with E-state index in [1.54, 1.807) is 37.5 Å². The van der Waals surface area contributed by atoms with Crippen molar-refractivity contribution in [3.63, 3.8) is 0 Å². The highest BCUT2D eigenvalue weighted by atomic mass is 35.5. The lowest BCUT2D eigenvalue weighted by atomic mass is 10.1. The molecule has 1 aliphatic carbocycles. The lowest BCUT2D eigenvalue weighted by Gasteiger charge is -2.15. The van der Waals surface area contributed by atoms with E-state index in [2.05, 4.69) is 10.6 Å². The number of thiophene rings is 1. The number of anilines is 2. The Kier molecular flexibility index (Phi) is 6.56. The van der Waals surface area contributed by atoms with E-state index < -0.39 is 27.4 Å². The minimum atomic E-state index is -4.12. The number of pyridine rings is 1. The molecule has 2 aromatic heterocycles. The number of rotatable bonds is 7. The minimum absolute atomic E-state index is 0.0572. The van der Waals surface area contributed by atoms with E-state index in [0.717, 1.165) is 24.2 Å². The lowest BCUT2D eigenvalue weighted by molar-refractivity contribution is 0.256. The van der Waals surface area contributed by atoms with E-state index in [4.69, 9.17) is 16.3 Å². The monoisotopic (exact) mass is 562 g/mol. The second-order valence-electron chi connectivity index (χ2n) is 8.28. The molecule has 1 fully saturated rings. The molecular weight excluding hydrogens is 543 g/mol. The van der Waals surface area contributed by atoms with Crippen molar-refractivity contribution in [1.29, 1.82) is 0 Å². The van der Waals surface area contributed by atoms with Gasteiger partial charge in [0, 0.05) is 19.3 Å². The second kappa shape index (κ2) is 9.69. The average Bonchev–Trinajstić information content (AvgIpc) is 3.55. The summed E-state index contributed by atoms with van der Waals surface area (Å²) in [5, 5.41) is 6.01. The highest BCUT2D eigenvalue weighted by Gasteiger charge is 2.26. The SMILES string of the molecule is CNc1cc2ccn(-c3ccc(NC(=O)NS(=O)(=O)c4ccc(Cl)s4)c(OC4CC4)c3)c(=O)c2cc1F. The minimum Gasteiger partial charge on any atom is -0.488 e. The zero-order valence-corrected chi connectivity index (χ0v) is 21.6. The maximum absolute atomic E-state index is 14.3. The predicted molar refractivity (Wildman–Crippen MR) is 141 cm³/mol. The molecule has 2 aromatic carbocycles. The molecule has 13 heteroatoms. The molecule has 1 saturated carbocycles. The third kappa shape index (κ3) is 5.26. The van der Waals surface area contributed by atoms with Gasteiger partial charge in [0.1, 0.15) is 15.8 Å². The van der Waals surface area contributed by atoms with Crippen molar-refractivity contribution in [2.24, 2.45) is 0 Å². The van der Waals surface area contributed by atoms with Gasteiger partial charge in [-0.1, -0.05) is 11.6 Å². The third-order valence-corrected chi connectivity index (χ3v) is 8.66. The van der Waals surface area contributed by atoms with E-state index in [0.29, 0.717) is 11.1 Å². The summed E-state index contributed by atoms with van der Waals surface area (Å²) >= 11 is 6.62. The number of fused-ring (bicyclic) bond motifs is 1. The average molecular weight is 563 g/mol. The molecule has 0 atom stereocenters. The zero-order chi connectivity index (χ0) is 26.3. The first-order valence-corrected chi connectivity index (χ1v) is 13.8. The van der Waals surface area contributed by atoms with Crippen LogP contribution >= 0.6 is 22.9 Å². The van der Waals surface area contributed by atoms with Crippen LogP contribution in [0.25, 0.3) is 16.5 Å². The Morgan fingerprint density at radius 1 is 1.14 bits per heavy atom. The van der Waals surface area contributed by atoms with Gasteiger partial charge in [-0.3, -0.25) is 9.36 Å². The standard InChI is InChI=1S/C24H20ClFN4O5S2/c1-27-19-10-13-8-9-30(23(31)16(13)12-17(19)26)14-2-5-18(20(11-14)35-15-3-4-15)28-24(32)29-37(33,34)22-7-6-21(25)36-22/h2,5-12,15,27H,3-4H2,1H3,(H2,28,29,32). The van der Waals surface area contributed by atoms with Crippen LogP contribution in [0.15, 0.2) is 63.7 Å². The fraction of sp³-hybridized carbons (Fsp3) is 0.167. The van der Waals surface area contributed by atoms with Crippen LogP contribution in [0.2, 0.25) is 4.34 Å². The van der Waals surface area contributed by atoms with Gasteiger partial charge in [-0.25, -0.2) is 22.3 Å². The Balaban J connectivity index is 1.45. The number of benzene rings is 2. The van der Waals surface area contributed by atoms with E-state index >= 15 is 0 Å². The van der Waals surface area contributed by atoms with Gasteiger partial charge in [0.05, 0.1) is 32.9 Å². The van der Waals surface area contributed by atoms with Crippen molar-refractivity contribution in [1.82, 2.24) is 9.29 Å². The number of carbonyl (C=O) groups is 1. The zero-order valence-electron chi connectivity index (χ0n) is 19.2. The number of aromatic nitrogens is 1. The number of nitrogens with zero attached hydrogens (tertiary/aromatic N) is 1. The molecule has 0 spiro atoms. The van der Waals surface area contributed by atoms with Crippen LogP contribution in [0.3, 0.4) is 0 Å². The summed E-state index contributed by atoms with van der Waals surface area (Å²) in [6, 6.07) is 10.8. The van der Waals surface area contributed by atoms with Gasteiger partial charge in [-0.2, -0.15) is 0 Å². The van der Waals surface area contributed by atoms with Crippen molar-refractivity contribution < 1.29 is 22.3 Å². The fourth-order valence-electron chi connectivity index (χ4n) is 3.65. The van der Waals surface area contributed by atoms with Crippen molar-refractivity contribution in [2.75, 3.05) is 17.7 Å². The van der Waals surface area contributed by atoms with Crippen LogP contribution in [-0.2, 0) is 10.0 Å². The van der Waals surface area contributed by atoms with Crippen LogP contribution in [-0.4, -0.2) is 32.2 Å². The van der Waals surface area contributed by atoms with Crippen LogP contribution in [0, 0.1) is 5.82 Å². The smallest absolute Gasteiger partial charge is 0.333 e. The van der Waals surface area contributed by atoms with Gasteiger partial charge in [-0.05, 0) is 60.7 Å². The maximum atomic E-state index is 14.3. The Bertz CT molecular complexity index is 1700. The molecule has 9 nitrogen and oxygen atoms in total. The van der Waals surface area contributed by atoms with Crippen molar-refractivity contribution in [3.05, 3.63) is 75.2 Å². The number of carbonyl (C=O) groups excluding carboxylic acids is 1. The normalized spacial score (nSPS) is 13.4. The predicted octanol–water partition coefficient (Wildman–Crippen LogP) is 4.94. The molecule has 0 unspecified atom stereocenters. The summed E-state index contributed by atoms with van der Waals surface area (Å²) < 4.78 is 48.6. The Labute approximate surface area is 219 Å². The highest BCUT2D eigenvalue weighted by Crippen LogP contribution is 2.34. The molecule has 0 bridgehead atoms. The van der Waals surface area contributed by atoms with Gasteiger partial charge < -0.3 is 15.4 Å². The molecule has 0 aliphatic heterocycles. The van der Waals surface area contributed by atoms with E-state index in [1.807, 2.05) is 4.72 Å². The first-order chi connectivity index (χ1) is 17.6. The Morgan fingerprint density at radius 3 is 2.59 bits per heavy atom. The van der Waals surface area contributed by atoms with Gasteiger partial charge >= 0.3 is 6.03 Å². The molecule has 5 rings (SSSR count). The second-order valence-corrected chi connectivity index (χ2v) is 11.9. The molecule has 0 saturated heterocycles. The van der Waals surface area contributed by atoms with Crippen LogP contribution < -0.4 is 25.7 Å². The van der Waals surface area contributed by atoms with Crippen molar-refractivity contribution in [2.45, 2.75) is 23.2 Å². The topological polar surface area (TPSA) is 119 Å². The fourth-order valence-corrected chi connectivity index (χ4v) is 6.04. The number of hydrogen-bond donors (Lipinski definition) is 3. The summed E-state index contributed by atoms with van der Waals surface area (Å²) in [5.41, 5.74) is 0.483. The van der Waals surface area contributed by atoms with Gasteiger partial charge in [0.25, 0.3) is 15.6 Å². The molecule has 2 amide bonds. The lowest BCUT2D eigenvalue weighted by Crippen LogP contribution is -2.34. The molecule has 4 aromatic rings. The number of hydrogen-bond acceptors (Lipinski definition) is 7. The molecular formula is C24H20ClFN4O5S2. The Morgan fingerprint density at radius 2 is 1.92 bits per heavy atom. The van der Waals surface area contributed by atoms with E-state index in [-0.39, 0.29) is 37.2 Å². The summed E-state index contributed by atoms with van der Waals surface area (Å²) in [6.07, 6.45) is 3.16. The Hall–Kier alpha value is -3.61. The van der Waals surface area contributed by atoms with E-state index in [1.165, 1.54) is 28.8 Å².